The third-order valence-corrected chi connectivity index (χ3v) is 2.44. The fraction of sp³-hybridized carbons (Fsp3) is 0.500. The highest BCUT2D eigenvalue weighted by molar-refractivity contribution is 5.50. The summed E-state index contributed by atoms with van der Waals surface area (Å²) in [5, 5.41) is 2.36. The van der Waals surface area contributed by atoms with Crippen molar-refractivity contribution >= 4 is 5.69 Å². The maximum absolute atomic E-state index is 11.9. The fourth-order valence-electron chi connectivity index (χ4n) is 1.45. The van der Waals surface area contributed by atoms with Crippen molar-refractivity contribution < 1.29 is 17.9 Å². The first-order valence-corrected chi connectivity index (χ1v) is 5.55. The molecule has 102 valence electrons. The Balaban J connectivity index is 2.38. The number of nitrogens with zero attached hydrogens (tertiary/aromatic N) is 1. The van der Waals surface area contributed by atoms with Crippen molar-refractivity contribution in [3.8, 4) is 5.75 Å². The molecule has 0 atom stereocenters. The highest BCUT2D eigenvalue weighted by Gasteiger charge is 2.25. The maximum Gasteiger partial charge on any atom is 0.401 e. The summed E-state index contributed by atoms with van der Waals surface area (Å²) < 4.78 is 40.8. The van der Waals surface area contributed by atoms with Crippen LogP contribution in [-0.2, 0) is 0 Å². The smallest absolute Gasteiger partial charge is 0.401 e. The Labute approximate surface area is 105 Å². The highest BCUT2D eigenvalue weighted by Crippen LogP contribution is 2.19. The van der Waals surface area contributed by atoms with Crippen LogP contribution in [0.4, 0.5) is 18.9 Å². The molecular weight excluding hydrogens is 245 g/mol. The van der Waals surface area contributed by atoms with Crippen LogP contribution >= 0.6 is 0 Å². The Bertz CT molecular complexity index is 369. The van der Waals surface area contributed by atoms with Gasteiger partial charge in [-0.05, 0) is 12.1 Å². The molecule has 0 amide bonds. The van der Waals surface area contributed by atoms with E-state index in [9.17, 15) is 13.2 Å². The van der Waals surface area contributed by atoms with Gasteiger partial charge in [0, 0.05) is 31.9 Å². The minimum Gasteiger partial charge on any atom is -0.497 e. The van der Waals surface area contributed by atoms with E-state index in [-0.39, 0.29) is 6.54 Å². The summed E-state index contributed by atoms with van der Waals surface area (Å²) in [7, 11) is 3.40. The lowest BCUT2D eigenvalue weighted by Crippen LogP contribution is -2.35. The number of alkyl halides is 3. The number of nitrogens with one attached hydrogen (secondary N) is 1. The third kappa shape index (κ3) is 5.27. The summed E-state index contributed by atoms with van der Waals surface area (Å²) in [6, 6.07) is 7.38. The monoisotopic (exact) mass is 262 g/mol. The largest absolute Gasteiger partial charge is 0.497 e. The lowest BCUT2D eigenvalue weighted by Gasteiger charge is -2.20. The first kappa shape index (κ1) is 14.6. The van der Waals surface area contributed by atoms with E-state index >= 15 is 0 Å². The zero-order valence-corrected chi connectivity index (χ0v) is 10.4. The van der Waals surface area contributed by atoms with Gasteiger partial charge in [-0.15, -0.1) is 0 Å². The molecule has 1 aromatic carbocycles. The fourth-order valence-corrected chi connectivity index (χ4v) is 1.45. The normalized spacial score (nSPS) is 11.4. The summed E-state index contributed by atoms with van der Waals surface area (Å²) in [4.78, 5) is 1.87. The first-order chi connectivity index (χ1) is 8.42. The number of hydrogen-bond donors (Lipinski definition) is 1. The number of benzene rings is 1. The molecule has 1 aromatic rings. The number of ether oxygens (including phenoxy) is 1. The summed E-state index contributed by atoms with van der Waals surface area (Å²) >= 11 is 0. The van der Waals surface area contributed by atoms with E-state index in [1.807, 2.05) is 36.2 Å². The molecular formula is C12H17F3N2O. The second kappa shape index (κ2) is 6.49. The molecule has 0 unspecified atom stereocenters. The van der Waals surface area contributed by atoms with E-state index in [0.717, 1.165) is 11.4 Å². The number of likely N-dealkylation sites (N-methyl/N-ethyl adjacent to an activating group) is 1. The molecule has 18 heavy (non-hydrogen) atoms. The van der Waals surface area contributed by atoms with Crippen LogP contribution in [0.5, 0.6) is 5.75 Å². The van der Waals surface area contributed by atoms with E-state index in [4.69, 9.17) is 4.74 Å². The Morgan fingerprint density at radius 3 is 2.67 bits per heavy atom. The van der Waals surface area contributed by atoms with Gasteiger partial charge in [-0.1, -0.05) is 6.07 Å². The number of methoxy groups -OCH3 is 1. The summed E-state index contributed by atoms with van der Waals surface area (Å²) in [6.45, 7) is -0.199. The van der Waals surface area contributed by atoms with Crippen molar-refractivity contribution in [2.45, 2.75) is 6.18 Å². The van der Waals surface area contributed by atoms with Crippen molar-refractivity contribution in [3.63, 3.8) is 0 Å². The summed E-state index contributed by atoms with van der Waals surface area (Å²) in [5.74, 6) is 0.725. The molecule has 0 aliphatic heterocycles. The number of rotatable bonds is 6. The summed E-state index contributed by atoms with van der Waals surface area (Å²) in [5.41, 5.74) is 0.906. The maximum atomic E-state index is 11.9. The molecule has 1 N–H and O–H groups in total. The molecule has 0 heterocycles. The van der Waals surface area contributed by atoms with Crippen LogP contribution in [-0.4, -0.2) is 40.0 Å². The van der Waals surface area contributed by atoms with E-state index in [2.05, 4.69) is 5.32 Å². The van der Waals surface area contributed by atoms with Gasteiger partial charge in [0.1, 0.15) is 5.75 Å². The van der Waals surface area contributed by atoms with Crippen LogP contribution < -0.4 is 15.0 Å². The predicted molar refractivity (Wildman–Crippen MR) is 65.2 cm³/mol. The van der Waals surface area contributed by atoms with Crippen LogP contribution in [0.15, 0.2) is 24.3 Å². The molecule has 1 rings (SSSR count). The van der Waals surface area contributed by atoms with Gasteiger partial charge < -0.3 is 15.0 Å². The van der Waals surface area contributed by atoms with Gasteiger partial charge in [-0.25, -0.2) is 0 Å². The first-order valence-electron chi connectivity index (χ1n) is 5.55. The van der Waals surface area contributed by atoms with Gasteiger partial charge in [-0.2, -0.15) is 13.2 Å². The van der Waals surface area contributed by atoms with E-state index in [1.165, 1.54) is 0 Å². The van der Waals surface area contributed by atoms with Crippen LogP contribution in [0.3, 0.4) is 0 Å². The lowest BCUT2D eigenvalue weighted by molar-refractivity contribution is -0.124. The number of anilines is 1. The molecule has 3 nitrogen and oxygen atoms in total. The second-order valence-corrected chi connectivity index (χ2v) is 3.91. The van der Waals surface area contributed by atoms with Crippen molar-refractivity contribution in [2.75, 3.05) is 38.7 Å². The molecule has 0 saturated heterocycles. The average Bonchev–Trinajstić information content (AvgIpc) is 2.33. The lowest BCUT2D eigenvalue weighted by atomic mass is 10.3. The minimum atomic E-state index is -4.16. The minimum absolute atomic E-state index is 0.271. The Morgan fingerprint density at radius 2 is 2.06 bits per heavy atom. The van der Waals surface area contributed by atoms with Gasteiger partial charge in [0.2, 0.25) is 0 Å². The van der Waals surface area contributed by atoms with Gasteiger partial charge in [0.05, 0.1) is 13.7 Å². The molecule has 0 radical (unpaired) electrons. The van der Waals surface area contributed by atoms with Crippen LogP contribution in [0, 0.1) is 0 Å². The van der Waals surface area contributed by atoms with E-state index < -0.39 is 12.7 Å². The molecule has 0 saturated carbocycles. The summed E-state index contributed by atoms with van der Waals surface area (Å²) in [6.07, 6.45) is -4.16. The second-order valence-electron chi connectivity index (χ2n) is 3.91. The quantitative estimate of drug-likeness (QED) is 0.796. The van der Waals surface area contributed by atoms with E-state index in [0.29, 0.717) is 6.54 Å². The zero-order chi connectivity index (χ0) is 13.6. The van der Waals surface area contributed by atoms with Crippen molar-refractivity contribution in [1.29, 1.82) is 0 Å². The van der Waals surface area contributed by atoms with Gasteiger partial charge >= 0.3 is 6.18 Å². The van der Waals surface area contributed by atoms with E-state index in [1.54, 1.807) is 7.11 Å². The Hall–Kier alpha value is -1.43. The predicted octanol–water partition coefficient (Wildman–Crippen LogP) is 2.28. The topological polar surface area (TPSA) is 24.5 Å². The van der Waals surface area contributed by atoms with Crippen molar-refractivity contribution in [3.05, 3.63) is 24.3 Å². The molecule has 6 heteroatoms. The van der Waals surface area contributed by atoms with Crippen LogP contribution in [0.2, 0.25) is 0 Å². The third-order valence-electron chi connectivity index (χ3n) is 2.44. The number of halogens is 3. The standard InChI is InChI=1S/C12H17F3N2O/c1-17(7-6-16-9-12(13,14)15)10-4-3-5-11(8-10)18-2/h3-5,8,16H,6-7,9H2,1-2H3. The molecule has 0 aliphatic rings. The Kier molecular flexibility index (Phi) is 5.27. The average molecular weight is 262 g/mol. The van der Waals surface area contributed by atoms with Crippen LogP contribution in [0.25, 0.3) is 0 Å². The molecule has 0 spiro atoms. The molecule has 0 aliphatic carbocycles. The molecule has 0 fully saturated rings. The highest BCUT2D eigenvalue weighted by atomic mass is 19.4. The molecule has 0 bridgehead atoms. The SMILES string of the molecule is COc1cccc(N(C)CCNCC(F)(F)F)c1. The zero-order valence-electron chi connectivity index (χ0n) is 10.4. The van der Waals surface area contributed by atoms with Gasteiger partial charge in [-0.3, -0.25) is 0 Å². The number of hydrogen-bond acceptors (Lipinski definition) is 3. The van der Waals surface area contributed by atoms with Crippen LogP contribution in [0.1, 0.15) is 0 Å². The van der Waals surface area contributed by atoms with Gasteiger partial charge in [0.15, 0.2) is 0 Å². The van der Waals surface area contributed by atoms with Crippen molar-refractivity contribution in [1.82, 2.24) is 5.32 Å². The molecule has 0 aromatic heterocycles. The van der Waals surface area contributed by atoms with Gasteiger partial charge in [0.25, 0.3) is 0 Å². The Morgan fingerprint density at radius 1 is 1.33 bits per heavy atom. The van der Waals surface area contributed by atoms with Crippen molar-refractivity contribution in [2.24, 2.45) is 0 Å².